The van der Waals surface area contributed by atoms with Crippen LogP contribution in [0.2, 0.25) is 0 Å². The van der Waals surface area contributed by atoms with Gasteiger partial charge in [0.1, 0.15) is 21.2 Å². The van der Waals surface area contributed by atoms with E-state index in [1.807, 2.05) is 36.6 Å². The molecule has 0 radical (unpaired) electrons. The molecule has 0 spiro atoms. The van der Waals surface area contributed by atoms with Crippen LogP contribution in [-0.2, 0) is 16.6 Å². The zero-order valence-electron chi connectivity index (χ0n) is 18.5. The zero-order valence-corrected chi connectivity index (χ0v) is 23.3. The molecule has 0 bridgehead atoms. The minimum absolute atomic E-state index is 0.00734. The molecule has 0 atom stereocenters. The molecule has 1 N–H and O–H groups in total. The Morgan fingerprint density at radius 2 is 1.83 bits per heavy atom. The fourth-order valence-electron chi connectivity index (χ4n) is 3.89. The number of aromatic nitrogens is 3. The predicted octanol–water partition coefficient (Wildman–Crippen LogP) is 5.95. The highest BCUT2D eigenvalue weighted by atomic mass is 79.9. The van der Waals surface area contributed by atoms with Crippen molar-refractivity contribution in [3.63, 3.8) is 0 Å². The number of hydrogen-bond acceptors (Lipinski definition) is 6. The number of carbonyl (C=O) groups is 1. The Morgan fingerprint density at radius 3 is 2.57 bits per heavy atom. The maximum Gasteiger partial charge on any atom is 0.283 e. The maximum absolute atomic E-state index is 12.9. The van der Waals surface area contributed by atoms with Crippen molar-refractivity contribution >= 4 is 81.1 Å². The van der Waals surface area contributed by atoms with Gasteiger partial charge in [-0.1, -0.05) is 36.4 Å². The molecule has 178 valence electrons. The van der Waals surface area contributed by atoms with E-state index in [1.165, 1.54) is 6.07 Å². The fourth-order valence-corrected chi connectivity index (χ4v) is 7.48. The SMILES string of the molecule is Cc1cc(C(=O)NS(=O)(=O)c2ccc(Br)s2)nc2c1nc(C)n2Cc1ccc2ccccc2c1Br. The van der Waals surface area contributed by atoms with Crippen molar-refractivity contribution in [2.75, 3.05) is 0 Å². The lowest BCUT2D eigenvalue weighted by atomic mass is 10.1. The molecule has 0 saturated carbocycles. The van der Waals surface area contributed by atoms with E-state index in [0.717, 1.165) is 43.5 Å². The molecule has 35 heavy (non-hydrogen) atoms. The number of fused-ring (bicyclic) bond motifs is 2. The van der Waals surface area contributed by atoms with Gasteiger partial charge >= 0.3 is 0 Å². The Hall–Kier alpha value is -2.60. The lowest BCUT2D eigenvalue weighted by molar-refractivity contribution is 0.0977. The quantitative estimate of drug-likeness (QED) is 0.258. The third-order valence-electron chi connectivity index (χ3n) is 5.63. The maximum atomic E-state index is 12.9. The summed E-state index contributed by atoms with van der Waals surface area (Å²) in [4.78, 5) is 22.1. The molecule has 0 saturated heterocycles. The number of imidazole rings is 1. The van der Waals surface area contributed by atoms with Crippen molar-refractivity contribution in [2.45, 2.75) is 24.6 Å². The summed E-state index contributed by atoms with van der Waals surface area (Å²) in [7, 11) is -4.01. The first-order valence-electron chi connectivity index (χ1n) is 10.5. The number of nitrogens with zero attached hydrogens (tertiary/aromatic N) is 3. The molecule has 0 aliphatic heterocycles. The summed E-state index contributed by atoms with van der Waals surface area (Å²) in [5.41, 5.74) is 2.96. The van der Waals surface area contributed by atoms with Crippen LogP contribution < -0.4 is 4.72 Å². The standard InChI is InChI=1S/C24H18Br2N4O3S2/c1-13-11-18(24(31)29-35(32,33)20-10-9-19(25)34-20)28-23-22(13)27-14(2)30(23)12-16-8-7-15-5-3-4-6-17(15)21(16)26/h3-11H,12H2,1-2H3,(H,29,31). The normalized spacial score (nSPS) is 11.9. The highest BCUT2D eigenvalue weighted by Crippen LogP contribution is 2.30. The van der Waals surface area contributed by atoms with Crippen molar-refractivity contribution in [1.29, 1.82) is 0 Å². The molecule has 1 amide bonds. The van der Waals surface area contributed by atoms with E-state index in [4.69, 9.17) is 0 Å². The molecule has 0 aliphatic rings. The van der Waals surface area contributed by atoms with Crippen LogP contribution in [0.25, 0.3) is 21.9 Å². The van der Waals surface area contributed by atoms with E-state index < -0.39 is 15.9 Å². The fraction of sp³-hybridized carbons (Fsp3) is 0.125. The number of halogens is 2. The number of benzene rings is 2. The van der Waals surface area contributed by atoms with Crippen LogP contribution in [0.3, 0.4) is 0 Å². The molecule has 0 aliphatic carbocycles. The predicted molar refractivity (Wildman–Crippen MR) is 144 cm³/mol. The van der Waals surface area contributed by atoms with Crippen molar-refractivity contribution in [3.05, 3.63) is 85.5 Å². The van der Waals surface area contributed by atoms with Gasteiger partial charge in [-0.05, 0) is 85.8 Å². The van der Waals surface area contributed by atoms with Gasteiger partial charge in [-0.15, -0.1) is 11.3 Å². The highest BCUT2D eigenvalue weighted by molar-refractivity contribution is 9.11. The van der Waals surface area contributed by atoms with Crippen molar-refractivity contribution < 1.29 is 13.2 Å². The minimum atomic E-state index is -4.01. The van der Waals surface area contributed by atoms with Gasteiger partial charge < -0.3 is 4.57 Å². The Morgan fingerprint density at radius 1 is 1.06 bits per heavy atom. The molecule has 2 aromatic carbocycles. The summed E-state index contributed by atoms with van der Waals surface area (Å²) in [5.74, 6) is -0.0546. The summed E-state index contributed by atoms with van der Waals surface area (Å²) in [6.45, 7) is 4.19. The molecule has 5 rings (SSSR count). The lowest BCUT2D eigenvalue weighted by Crippen LogP contribution is -2.30. The molecular formula is C24H18Br2N4O3S2. The van der Waals surface area contributed by atoms with Gasteiger partial charge in [0, 0.05) is 4.47 Å². The molecule has 7 nitrogen and oxygen atoms in total. The second-order valence-corrected chi connectivity index (χ2v) is 13.2. The van der Waals surface area contributed by atoms with Crippen LogP contribution in [0, 0.1) is 13.8 Å². The molecule has 0 unspecified atom stereocenters. The van der Waals surface area contributed by atoms with Gasteiger partial charge in [0.15, 0.2) is 5.65 Å². The lowest BCUT2D eigenvalue weighted by Gasteiger charge is -2.12. The molecular weight excluding hydrogens is 616 g/mol. The van der Waals surface area contributed by atoms with Crippen LogP contribution in [0.5, 0.6) is 0 Å². The number of amides is 1. The topological polar surface area (TPSA) is 93.9 Å². The second kappa shape index (κ2) is 9.12. The van der Waals surface area contributed by atoms with Crippen molar-refractivity contribution in [1.82, 2.24) is 19.3 Å². The monoisotopic (exact) mass is 632 g/mol. The van der Waals surface area contributed by atoms with Gasteiger partial charge in [0.25, 0.3) is 15.9 Å². The van der Waals surface area contributed by atoms with Crippen LogP contribution >= 0.6 is 43.2 Å². The first-order chi connectivity index (χ1) is 16.6. The Kier molecular flexibility index (Phi) is 6.28. The van der Waals surface area contributed by atoms with Gasteiger partial charge in [-0.25, -0.2) is 23.1 Å². The van der Waals surface area contributed by atoms with Crippen molar-refractivity contribution in [3.8, 4) is 0 Å². The van der Waals surface area contributed by atoms with Crippen LogP contribution in [0.1, 0.15) is 27.4 Å². The Balaban J connectivity index is 1.53. The van der Waals surface area contributed by atoms with Crippen LogP contribution in [0.15, 0.2) is 67.1 Å². The van der Waals surface area contributed by atoms with E-state index in [0.29, 0.717) is 21.5 Å². The number of thiophene rings is 1. The Bertz CT molecular complexity index is 1740. The zero-order chi connectivity index (χ0) is 24.9. The van der Waals surface area contributed by atoms with E-state index in [2.05, 4.69) is 64.7 Å². The number of rotatable bonds is 5. The third kappa shape index (κ3) is 4.53. The summed E-state index contributed by atoms with van der Waals surface area (Å²) in [5, 5.41) is 2.23. The molecule has 11 heteroatoms. The van der Waals surface area contributed by atoms with E-state index in [-0.39, 0.29) is 9.90 Å². The first-order valence-corrected chi connectivity index (χ1v) is 14.4. The van der Waals surface area contributed by atoms with Gasteiger partial charge in [-0.2, -0.15) is 0 Å². The number of hydrogen-bond donors (Lipinski definition) is 1. The number of carbonyl (C=O) groups excluding carboxylic acids is 1. The molecule has 5 aromatic rings. The summed E-state index contributed by atoms with van der Waals surface area (Å²) < 4.78 is 31.0. The Labute approximate surface area is 222 Å². The van der Waals surface area contributed by atoms with Crippen LogP contribution in [0.4, 0.5) is 0 Å². The smallest absolute Gasteiger partial charge is 0.283 e. The first kappa shape index (κ1) is 24.1. The summed E-state index contributed by atoms with van der Waals surface area (Å²) >= 11 is 8.00. The average molecular weight is 634 g/mol. The van der Waals surface area contributed by atoms with E-state index in [9.17, 15) is 13.2 Å². The average Bonchev–Trinajstić information content (AvgIpc) is 3.40. The number of aryl methyl sites for hydroxylation is 2. The summed E-state index contributed by atoms with van der Waals surface area (Å²) in [6, 6.07) is 16.8. The number of nitrogens with one attached hydrogen (secondary N) is 1. The van der Waals surface area contributed by atoms with Crippen LogP contribution in [-0.4, -0.2) is 28.9 Å². The minimum Gasteiger partial charge on any atom is -0.308 e. The van der Waals surface area contributed by atoms with Gasteiger partial charge in [-0.3, -0.25) is 4.79 Å². The third-order valence-corrected chi connectivity index (χ3v) is 10.0. The number of pyridine rings is 1. The molecule has 0 fully saturated rings. The number of sulfonamides is 1. The largest absolute Gasteiger partial charge is 0.308 e. The summed E-state index contributed by atoms with van der Waals surface area (Å²) in [6.07, 6.45) is 0. The van der Waals surface area contributed by atoms with Gasteiger partial charge in [0.05, 0.1) is 10.3 Å². The second-order valence-electron chi connectivity index (χ2n) is 7.99. The van der Waals surface area contributed by atoms with Crippen molar-refractivity contribution in [2.24, 2.45) is 0 Å². The van der Waals surface area contributed by atoms with E-state index >= 15 is 0 Å². The molecule has 3 heterocycles. The highest BCUT2D eigenvalue weighted by Gasteiger charge is 2.23. The van der Waals surface area contributed by atoms with E-state index in [1.54, 1.807) is 12.1 Å². The molecule has 3 aromatic heterocycles. The van der Waals surface area contributed by atoms with Gasteiger partial charge in [0.2, 0.25) is 0 Å².